The van der Waals surface area contributed by atoms with Crippen LogP contribution < -0.4 is 0 Å². The molecule has 0 spiro atoms. The van der Waals surface area contributed by atoms with E-state index in [0.717, 1.165) is 11.1 Å². The number of imidazole rings is 2. The Balaban J connectivity index is 1.42. The van der Waals surface area contributed by atoms with E-state index in [9.17, 15) is 9.59 Å². The van der Waals surface area contributed by atoms with Crippen molar-refractivity contribution in [3.05, 3.63) is 121 Å². The topological polar surface area (TPSA) is 69.8 Å². The minimum absolute atomic E-state index is 0.215. The summed E-state index contributed by atoms with van der Waals surface area (Å²) in [5.41, 5.74) is 2.63. The van der Waals surface area contributed by atoms with Crippen LogP contribution in [0.2, 0.25) is 0 Å². The fourth-order valence-corrected chi connectivity index (χ4v) is 3.57. The van der Waals surface area contributed by atoms with Crippen molar-refractivity contribution in [2.45, 2.75) is 0 Å². The zero-order chi connectivity index (χ0) is 21.9. The third-order valence-corrected chi connectivity index (χ3v) is 5.16. The van der Waals surface area contributed by atoms with Crippen LogP contribution in [-0.2, 0) is 0 Å². The fourth-order valence-electron chi connectivity index (χ4n) is 3.57. The standard InChI is InChI=1S/C26H18N4O2/c31-25(29-17-15-27-23(29)19-7-3-1-4-8-19)21-11-13-22(14-12-21)26(32)30-18-16-28-24(30)20-9-5-2-6-10-20/h1-18H. The van der Waals surface area contributed by atoms with E-state index in [1.54, 1.807) is 49.1 Å². The zero-order valence-corrected chi connectivity index (χ0v) is 17.0. The number of carbonyl (C=O) groups excluding carboxylic acids is 2. The molecule has 6 heteroatoms. The van der Waals surface area contributed by atoms with Crippen LogP contribution in [0.4, 0.5) is 0 Å². The molecule has 0 bridgehead atoms. The van der Waals surface area contributed by atoms with Crippen molar-refractivity contribution in [2.75, 3.05) is 0 Å². The van der Waals surface area contributed by atoms with Crippen LogP contribution in [0.25, 0.3) is 22.8 Å². The Morgan fingerprint density at radius 1 is 0.531 bits per heavy atom. The van der Waals surface area contributed by atoms with Gasteiger partial charge in [0, 0.05) is 47.0 Å². The molecule has 0 N–H and O–H groups in total. The molecule has 0 atom stereocenters. The lowest BCUT2D eigenvalue weighted by molar-refractivity contribution is 0.0950. The summed E-state index contributed by atoms with van der Waals surface area (Å²) in [6.07, 6.45) is 6.48. The quantitative estimate of drug-likeness (QED) is 0.421. The Hall–Kier alpha value is -4.58. The number of nitrogens with zero attached hydrogens (tertiary/aromatic N) is 4. The Bertz CT molecular complexity index is 1280. The first-order valence-electron chi connectivity index (χ1n) is 10.1. The van der Waals surface area contributed by atoms with Gasteiger partial charge in [-0.2, -0.15) is 0 Å². The SMILES string of the molecule is O=C(c1ccc(C(=O)n2ccnc2-c2ccccc2)cc1)n1ccnc1-c1ccccc1. The molecule has 2 heterocycles. The maximum absolute atomic E-state index is 13.1. The first-order valence-corrected chi connectivity index (χ1v) is 10.1. The normalized spacial score (nSPS) is 10.8. The predicted octanol–water partition coefficient (Wildman–Crippen LogP) is 4.79. The van der Waals surface area contributed by atoms with Gasteiger partial charge in [-0.15, -0.1) is 0 Å². The smallest absolute Gasteiger partial charge is 0.263 e. The molecule has 2 aromatic heterocycles. The molecule has 3 aromatic carbocycles. The highest BCUT2D eigenvalue weighted by Crippen LogP contribution is 2.20. The fraction of sp³-hybridized carbons (Fsp3) is 0. The third kappa shape index (κ3) is 3.54. The lowest BCUT2D eigenvalue weighted by Gasteiger charge is -2.09. The molecule has 0 aliphatic rings. The molecule has 0 fully saturated rings. The average molecular weight is 418 g/mol. The van der Waals surface area contributed by atoms with Gasteiger partial charge in [-0.25, -0.2) is 9.97 Å². The van der Waals surface area contributed by atoms with Gasteiger partial charge in [0.2, 0.25) is 0 Å². The second-order valence-electron chi connectivity index (χ2n) is 7.16. The molecule has 0 unspecified atom stereocenters. The van der Waals surface area contributed by atoms with Crippen molar-refractivity contribution in [3.63, 3.8) is 0 Å². The lowest BCUT2D eigenvalue weighted by atomic mass is 10.1. The summed E-state index contributed by atoms with van der Waals surface area (Å²) in [7, 11) is 0. The summed E-state index contributed by atoms with van der Waals surface area (Å²) in [6.45, 7) is 0. The second kappa shape index (κ2) is 8.28. The van der Waals surface area contributed by atoms with Gasteiger partial charge in [0.05, 0.1) is 0 Å². The molecule has 0 saturated heterocycles. The van der Waals surface area contributed by atoms with E-state index in [1.165, 1.54) is 9.13 Å². The maximum Gasteiger partial charge on any atom is 0.263 e. The first kappa shape index (κ1) is 19.4. The van der Waals surface area contributed by atoms with E-state index in [0.29, 0.717) is 22.8 Å². The maximum atomic E-state index is 13.1. The van der Waals surface area contributed by atoms with Crippen molar-refractivity contribution < 1.29 is 9.59 Å². The highest BCUT2D eigenvalue weighted by molar-refractivity contribution is 6.01. The molecule has 5 aromatic rings. The molecule has 32 heavy (non-hydrogen) atoms. The molecule has 0 amide bonds. The Kier molecular flexibility index (Phi) is 5.01. The number of hydrogen-bond donors (Lipinski definition) is 0. The molecular weight excluding hydrogens is 400 g/mol. The number of rotatable bonds is 4. The molecular formula is C26H18N4O2. The molecule has 5 rings (SSSR count). The van der Waals surface area contributed by atoms with Gasteiger partial charge < -0.3 is 0 Å². The molecule has 0 aliphatic carbocycles. The monoisotopic (exact) mass is 418 g/mol. The van der Waals surface area contributed by atoms with Crippen LogP contribution in [0.15, 0.2) is 110 Å². The molecule has 6 nitrogen and oxygen atoms in total. The van der Waals surface area contributed by atoms with Crippen molar-refractivity contribution in [1.29, 1.82) is 0 Å². The summed E-state index contributed by atoms with van der Waals surface area (Å²) in [5.74, 6) is 0.712. The van der Waals surface area contributed by atoms with Gasteiger partial charge in [-0.05, 0) is 24.3 Å². The summed E-state index contributed by atoms with van der Waals surface area (Å²) in [6, 6.07) is 25.7. The number of hydrogen-bond acceptors (Lipinski definition) is 4. The van der Waals surface area contributed by atoms with E-state index >= 15 is 0 Å². The van der Waals surface area contributed by atoms with Crippen LogP contribution in [-0.4, -0.2) is 30.9 Å². The summed E-state index contributed by atoms with van der Waals surface area (Å²) < 4.78 is 3.02. The zero-order valence-electron chi connectivity index (χ0n) is 17.0. The Morgan fingerprint density at radius 3 is 1.28 bits per heavy atom. The summed E-state index contributed by atoms with van der Waals surface area (Å²) in [4.78, 5) is 34.8. The summed E-state index contributed by atoms with van der Waals surface area (Å²) >= 11 is 0. The largest absolute Gasteiger partial charge is 0.268 e. The van der Waals surface area contributed by atoms with Gasteiger partial charge in [0.25, 0.3) is 11.8 Å². The molecule has 0 saturated carbocycles. The van der Waals surface area contributed by atoms with Crippen LogP contribution >= 0.6 is 0 Å². The Morgan fingerprint density at radius 2 is 0.906 bits per heavy atom. The van der Waals surface area contributed by atoms with Gasteiger partial charge in [0.15, 0.2) is 0 Å². The predicted molar refractivity (Wildman–Crippen MR) is 121 cm³/mol. The van der Waals surface area contributed by atoms with E-state index in [1.807, 2.05) is 60.7 Å². The van der Waals surface area contributed by atoms with Crippen molar-refractivity contribution in [1.82, 2.24) is 19.1 Å². The van der Waals surface area contributed by atoms with Gasteiger partial charge in [-0.3, -0.25) is 18.7 Å². The first-order chi connectivity index (χ1) is 15.7. The average Bonchev–Trinajstić information content (AvgIpc) is 3.55. The third-order valence-electron chi connectivity index (χ3n) is 5.16. The summed E-state index contributed by atoms with van der Waals surface area (Å²) in [5, 5.41) is 0. The van der Waals surface area contributed by atoms with Crippen LogP contribution in [0.1, 0.15) is 20.7 Å². The van der Waals surface area contributed by atoms with E-state index in [-0.39, 0.29) is 11.8 Å². The van der Waals surface area contributed by atoms with E-state index < -0.39 is 0 Å². The Labute approximate surface area is 184 Å². The van der Waals surface area contributed by atoms with Crippen LogP contribution in [0.3, 0.4) is 0 Å². The van der Waals surface area contributed by atoms with Gasteiger partial charge in [0.1, 0.15) is 11.6 Å². The van der Waals surface area contributed by atoms with E-state index in [2.05, 4.69) is 9.97 Å². The number of aromatic nitrogens is 4. The van der Waals surface area contributed by atoms with Crippen molar-refractivity contribution >= 4 is 11.8 Å². The molecule has 0 aliphatic heterocycles. The van der Waals surface area contributed by atoms with Crippen molar-refractivity contribution in [2.24, 2.45) is 0 Å². The highest BCUT2D eigenvalue weighted by atomic mass is 16.2. The molecule has 154 valence electrons. The van der Waals surface area contributed by atoms with Gasteiger partial charge >= 0.3 is 0 Å². The number of benzene rings is 3. The minimum Gasteiger partial charge on any atom is -0.268 e. The van der Waals surface area contributed by atoms with Crippen LogP contribution in [0.5, 0.6) is 0 Å². The lowest BCUT2D eigenvalue weighted by Crippen LogP contribution is -2.15. The van der Waals surface area contributed by atoms with Crippen molar-refractivity contribution in [3.8, 4) is 22.8 Å². The second-order valence-corrected chi connectivity index (χ2v) is 7.16. The van der Waals surface area contributed by atoms with Crippen LogP contribution in [0, 0.1) is 0 Å². The number of carbonyl (C=O) groups is 2. The van der Waals surface area contributed by atoms with E-state index in [4.69, 9.17) is 0 Å². The minimum atomic E-state index is -0.215. The van der Waals surface area contributed by atoms with Gasteiger partial charge in [-0.1, -0.05) is 60.7 Å². The highest BCUT2D eigenvalue weighted by Gasteiger charge is 2.17. The molecule has 0 radical (unpaired) electrons.